The number of likely N-dealkylation sites (N-methyl/N-ethyl adjacent to an activating group) is 1. The molecule has 1 amide bonds. The van der Waals surface area contributed by atoms with Gasteiger partial charge < -0.3 is 25.4 Å². The first kappa shape index (κ1) is 25.7. The van der Waals surface area contributed by atoms with Crippen LogP contribution in [0.25, 0.3) is 11.0 Å². The van der Waals surface area contributed by atoms with Crippen LogP contribution in [0.15, 0.2) is 65.8 Å². The quantitative estimate of drug-likeness (QED) is 0.326. The Hall–Kier alpha value is -3.96. The van der Waals surface area contributed by atoms with Gasteiger partial charge in [0.05, 0.1) is 21.5 Å². The standard InChI is InChI=1S/C27H31N7O3S/c1-18(2)38(36,37)23-7-5-4-6-21(23)30-22-17-25(32-26-20(22)9-11-29-26)31-24-16-19(8-10-28-24)27(35)34-14-12-33(3)13-15-34/h4-11,16-18H,12-15H2,1-3H3,(H3,28,29,30,31,32). The molecule has 0 atom stereocenters. The van der Waals surface area contributed by atoms with Gasteiger partial charge in [-0.2, -0.15) is 0 Å². The molecule has 4 aromatic rings. The summed E-state index contributed by atoms with van der Waals surface area (Å²) in [4.78, 5) is 29.5. The van der Waals surface area contributed by atoms with Crippen LogP contribution in [0.2, 0.25) is 0 Å². The summed E-state index contributed by atoms with van der Waals surface area (Å²) < 4.78 is 25.9. The number of nitrogens with one attached hydrogen (secondary N) is 3. The van der Waals surface area contributed by atoms with Crippen LogP contribution in [0.3, 0.4) is 0 Å². The number of hydrogen-bond acceptors (Lipinski definition) is 8. The van der Waals surface area contributed by atoms with E-state index in [2.05, 4.69) is 37.5 Å². The highest BCUT2D eigenvalue weighted by molar-refractivity contribution is 7.92. The van der Waals surface area contributed by atoms with E-state index in [4.69, 9.17) is 0 Å². The lowest BCUT2D eigenvalue weighted by Crippen LogP contribution is -2.47. The van der Waals surface area contributed by atoms with Crippen LogP contribution < -0.4 is 10.6 Å². The number of nitrogens with zero attached hydrogens (tertiary/aromatic N) is 4. The molecule has 0 aliphatic carbocycles. The predicted octanol–water partition coefficient (Wildman–Crippen LogP) is 4.01. The number of aromatic amines is 1. The molecule has 0 spiro atoms. The van der Waals surface area contributed by atoms with Crippen LogP contribution in [0.5, 0.6) is 0 Å². The molecule has 3 N–H and O–H groups in total. The molecule has 1 aromatic carbocycles. The van der Waals surface area contributed by atoms with Gasteiger partial charge in [-0.25, -0.2) is 18.4 Å². The van der Waals surface area contributed by atoms with Gasteiger partial charge in [-0.3, -0.25) is 4.79 Å². The highest BCUT2D eigenvalue weighted by Gasteiger charge is 2.23. The minimum atomic E-state index is -3.50. The van der Waals surface area contributed by atoms with Gasteiger partial charge in [0.2, 0.25) is 0 Å². The van der Waals surface area contributed by atoms with Crippen molar-refractivity contribution in [3.63, 3.8) is 0 Å². The normalized spacial score (nSPS) is 14.7. The Labute approximate surface area is 222 Å². The number of aromatic nitrogens is 3. The lowest BCUT2D eigenvalue weighted by Gasteiger charge is -2.32. The fourth-order valence-electron chi connectivity index (χ4n) is 4.38. The summed E-state index contributed by atoms with van der Waals surface area (Å²) in [5.41, 5.74) is 2.33. The number of para-hydroxylation sites is 1. The Morgan fingerprint density at radius 2 is 1.74 bits per heavy atom. The van der Waals surface area contributed by atoms with Gasteiger partial charge in [0.25, 0.3) is 5.91 Å². The fraction of sp³-hybridized carbons (Fsp3) is 0.296. The summed E-state index contributed by atoms with van der Waals surface area (Å²) in [6.07, 6.45) is 3.38. The Morgan fingerprint density at radius 3 is 2.50 bits per heavy atom. The van der Waals surface area contributed by atoms with Crippen LogP contribution >= 0.6 is 0 Å². The molecule has 1 aliphatic heterocycles. The molecule has 0 bridgehead atoms. The molecule has 1 saturated heterocycles. The first-order valence-corrected chi connectivity index (χ1v) is 14.1. The van der Waals surface area contributed by atoms with E-state index < -0.39 is 15.1 Å². The molecule has 0 unspecified atom stereocenters. The molecule has 38 heavy (non-hydrogen) atoms. The topological polar surface area (TPSA) is 123 Å². The van der Waals surface area contributed by atoms with E-state index in [-0.39, 0.29) is 10.8 Å². The average Bonchev–Trinajstić information content (AvgIpc) is 3.38. The molecule has 3 aromatic heterocycles. The van der Waals surface area contributed by atoms with Gasteiger partial charge in [0.15, 0.2) is 9.84 Å². The highest BCUT2D eigenvalue weighted by Crippen LogP contribution is 2.32. The third-order valence-corrected chi connectivity index (χ3v) is 8.88. The van der Waals surface area contributed by atoms with Crippen molar-refractivity contribution in [1.82, 2.24) is 24.8 Å². The van der Waals surface area contributed by atoms with Crippen molar-refractivity contribution in [1.29, 1.82) is 0 Å². The van der Waals surface area contributed by atoms with E-state index in [0.717, 1.165) is 18.5 Å². The molecule has 1 aliphatic rings. The number of hydrogen-bond donors (Lipinski definition) is 3. The van der Waals surface area contributed by atoms with Crippen molar-refractivity contribution in [3.8, 4) is 0 Å². The summed E-state index contributed by atoms with van der Waals surface area (Å²) in [5.74, 6) is 0.946. The number of H-pyrrole nitrogens is 1. The summed E-state index contributed by atoms with van der Waals surface area (Å²) in [6, 6.07) is 14.0. The number of piperazine rings is 1. The molecular weight excluding hydrogens is 502 g/mol. The molecule has 198 valence electrons. The van der Waals surface area contributed by atoms with E-state index >= 15 is 0 Å². The smallest absolute Gasteiger partial charge is 0.254 e. The molecule has 1 fully saturated rings. The van der Waals surface area contributed by atoms with E-state index in [9.17, 15) is 13.2 Å². The van der Waals surface area contributed by atoms with E-state index in [1.54, 1.807) is 68.7 Å². The minimum Gasteiger partial charge on any atom is -0.354 e. The molecule has 11 heteroatoms. The van der Waals surface area contributed by atoms with E-state index in [1.807, 2.05) is 11.0 Å². The average molecular weight is 534 g/mol. The van der Waals surface area contributed by atoms with Gasteiger partial charge in [0, 0.05) is 55.6 Å². The minimum absolute atomic E-state index is 0.0262. The summed E-state index contributed by atoms with van der Waals surface area (Å²) in [5, 5.41) is 6.75. The van der Waals surface area contributed by atoms with Gasteiger partial charge in [-0.15, -0.1) is 0 Å². The molecule has 4 heterocycles. The number of carbonyl (C=O) groups is 1. The van der Waals surface area contributed by atoms with Crippen molar-refractivity contribution in [2.45, 2.75) is 24.0 Å². The van der Waals surface area contributed by atoms with Crippen LogP contribution in [0, 0.1) is 0 Å². The van der Waals surface area contributed by atoms with Gasteiger partial charge in [0.1, 0.15) is 17.3 Å². The Morgan fingerprint density at radius 1 is 0.974 bits per heavy atom. The van der Waals surface area contributed by atoms with E-state index in [0.29, 0.717) is 47.3 Å². The number of benzene rings is 1. The van der Waals surface area contributed by atoms with Crippen molar-refractivity contribution < 1.29 is 13.2 Å². The summed E-state index contributed by atoms with van der Waals surface area (Å²) in [7, 11) is -1.45. The predicted molar refractivity (Wildman–Crippen MR) is 149 cm³/mol. The maximum atomic E-state index is 13.0. The Balaban J connectivity index is 1.43. The van der Waals surface area contributed by atoms with Crippen LogP contribution in [-0.2, 0) is 9.84 Å². The molecule has 0 radical (unpaired) electrons. The fourth-order valence-corrected chi connectivity index (χ4v) is 5.58. The van der Waals surface area contributed by atoms with Crippen LogP contribution in [-0.4, -0.2) is 77.6 Å². The third kappa shape index (κ3) is 5.20. The van der Waals surface area contributed by atoms with Crippen LogP contribution in [0.1, 0.15) is 24.2 Å². The first-order chi connectivity index (χ1) is 18.2. The molecule has 5 rings (SSSR count). The monoisotopic (exact) mass is 533 g/mol. The Kier molecular flexibility index (Phi) is 7.04. The lowest BCUT2D eigenvalue weighted by atomic mass is 10.2. The summed E-state index contributed by atoms with van der Waals surface area (Å²) in [6.45, 7) is 6.41. The van der Waals surface area contributed by atoms with Crippen LogP contribution in [0.4, 0.5) is 23.0 Å². The molecule has 0 saturated carbocycles. The number of pyridine rings is 2. The number of anilines is 4. The van der Waals surface area contributed by atoms with Gasteiger partial charge in [-0.05, 0) is 51.2 Å². The second-order valence-corrected chi connectivity index (χ2v) is 12.1. The van der Waals surface area contributed by atoms with Gasteiger partial charge in [-0.1, -0.05) is 12.1 Å². The lowest BCUT2D eigenvalue weighted by molar-refractivity contribution is 0.0664. The van der Waals surface area contributed by atoms with Crippen molar-refractivity contribution in [2.24, 2.45) is 0 Å². The second kappa shape index (κ2) is 10.4. The highest BCUT2D eigenvalue weighted by atomic mass is 32.2. The third-order valence-electron chi connectivity index (χ3n) is 6.67. The second-order valence-electron chi connectivity index (χ2n) is 9.66. The zero-order valence-electron chi connectivity index (χ0n) is 21.6. The SMILES string of the molecule is CC(C)S(=O)(=O)c1ccccc1Nc1cc(Nc2cc(C(=O)N3CCN(C)CC3)ccn2)nc2[nH]ccc12. The Bertz CT molecular complexity index is 1570. The molecule has 10 nitrogen and oxygen atoms in total. The zero-order chi connectivity index (χ0) is 26.9. The largest absolute Gasteiger partial charge is 0.354 e. The van der Waals surface area contributed by atoms with Crippen molar-refractivity contribution in [3.05, 3.63) is 66.5 Å². The van der Waals surface area contributed by atoms with E-state index in [1.165, 1.54) is 0 Å². The number of carbonyl (C=O) groups excluding carboxylic acids is 1. The van der Waals surface area contributed by atoms with Crippen molar-refractivity contribution in [2.75, 3.05) is 43.9 Å². The number of amides is 1. The van der Waals surface area contributed by atoms with Gasteiger partial charge >= 0.3 is 0 Å². The number of fused-ring (bicyclic) bond motifs is 1. The number of sulfone groups is 1. The summed E-state index contributed by atoms with van der Waals surface area (Å²) >= 11 is 0. The van der Waals surface area contributed by atoms with Crippen molar-refractivity contribution >= 4 is 49.8 Å². The molecular formula is C27H31N7O3S. The maximum absolute atomic E-state index is 13.0. The zero-order valence-corrected chi connectivity index (χ0v) is 22.4. The maximum Gasteiger partial charge on any atom is 0.254 e. The number of rotatable bonds is 7. The first-order valence-electron chi connectivity index (χ1n) is 12.5.